The minimum atomic E-state index is -1.62. The van der Waals surface area contributed by atoms with Crippen molar-refractivity contribution in [1.82, 2.24) is 31.9 Å². The Morgan fingerprint density at radius 2 is 1.16 bits per heavy atom. The van der Waals surface area contributed by atoms with Crippen LogP contribution in [0.3, 0.4) is 0 Å². The Labute approximate surface area is 319 Å². The number of nitrogens with one attached hydrogen (secondary N) is 6. The number of hydrogen-bond donors (Lipinski definition) is 12. The zero-order valence-electron chi connectivity index (χ0n) is 29.6. The molecule has 0 aliphatic heterocycles. The molecule has 0 unspecified atom stereocenters. The molecule has 55 heavy (non-hydrogen) atoms. The molecular weight excluding hydrogens is 752 g/mol. The normalized spacial score (nSPS) is 12.7. The molecule has 22 heteroatoms. The molecule has 1 rings (SSSR count). The molecule has 0 bridgehead atoms. The molecular formula is C33H46N6O15S. The van der Waals surface area contributed by atoms with Crippen molar-refractivity contribution in [2.45, 2.75) is 82.5 Å². The van der Waals surface area contributed by atoms with Gasteiger partial charge in [0.15, 0.2) is 5.78 Å². The summed E-state index contributed by atoms with van der Waals surface area (Å²) in [4.78, 5) is 118. The molecule has 0 saturated heterocycles. The van der Waals surface area contributed by atoms with Crippen molar-refractivity contribution in [1.29, 1.82) is 0 Å². The van der Waals surface area contributed by atoms with Crippen molar-refractivity contribution >= 4 is 72.1 Å². The van der Waals surface area contributed by atoms with Crippen LogP contribution in [0.4, 0.5) is 9.59 Å². The van der Waals surface area contributed by atoms with Gasteiger partial charge >= 0.3 is 41.9 Å². The number of amides is 6. The Morgan fingerprint density at radius 1 is 0.582 bits per heavy atom. The lowest BCUT2D eigenvalue weighted by Crippen LogP contribution is -2.47. The topological polar surface area (TPSA) is 344 Å². The van der Waals surface area contributed by atoms with E-state index in [9.17, 15) is 63.3 Å². The fraction of sp³-hybridized carbons (Fsp3) is 0.515. The lowest BCUT2D eigenvalue weighted by atomic mass is 9.93. The van der Waals surface area contributed by atoms with Crippen LogP contribution in [0.25, 0.3) is 0 Å². The Bertz CT molecular complexity index is 1540. The smallest absolute Gasteiger partial charge is 0.327 e. The van der Waals surface area contributed by atoms with Gasteiger partial charge < -0.3 is 57.4 Å². The maximum Gasteiger partial charge on any atom is 0.327 e. The Balaban J connectivity index is 2.59. The van der Waals surface area contributed by atoms with E-state index in [2.05, 4.69) is 44.5 Å². The second kappa shape index (κ2) is 25.2. The molecule has 6 amide bonds. The van der Waals surface area contributed by atoms with Gasteiger partial charge in [-0.2, -0.15) is 12.6 Å². The molecule has 11 N–H and O–H groups in total. The fourth-order valence-corrected chi connectivity index (χ4v) is 5.03. The van der Waals surface area contributed by atoms with E-state index in [4.69, 9.17) is 10.2 Å². The molecule has 0 radical (unpaired) electrons. The Hall–Kier alpha value is -5.93. The number of carbonyl (C=O) groups excluding carboxylic acids is 5. The van der Waals surface area contributed by atoms with Gasteiger partial charge in [0.25, 0.3) is 0 Å². The average Bonchev–Trinajstić information content (AvgIpc) is 3.10. The summed E-state index contributed by atoms with van der Waals surface area (Å²) < 4.78 is 0. The molecule has 0 heterocycles. The third-order valence-electron chi connectivity index (χ3n) is 7.64. The predicted octanol–water partition coefficient (Wildman–Crippen LogP) is -0.675. The van der Waals surface area contributed by atoms with Crippen LogP contribution < -0.4 is 31.9 Å². The van der Waals surface area contributed by atoms with Crippen molar-refractivity contribution in [2.24, 2.45) is 5.92 Å². The first kappa shape index (κ1) is 47.1. The quantitative estimate of drug-likeness (QED) is 0.0388. The number of carboxylic acid groups (broad SMARTS) is 5. The van der Waals surface area contributed by atoms with E-state index in [-0.39, 0.29) is 51.1 Å². The van der Waals surface area contributed by atoms with Gasteiger partial charge in [0.2, 0.25) is 11.8 Å². The highest BCUT2D eigenvalue weighted by molar-refractivity contribution is 7.80. The zero-order chi connectivity index (χ0) is 41.5. The number of ketones is 1. The van der Waals surface area contributed by atoms with E-state index in [1.807, 2.05) is 0 Å². The summed E-state index contributed by atoms with van der Waals surface area (Å²) in [5, 5.41) is 59.9. The first-order valence-corrected chi connectivity index (χ1v) is 17.5. The molecule has 1 aromatic rings. The van der Waals surface area contributed by atoms with E-state index in [1.54, 1.807) is 24.3 Å². The summed E-state index contributed by atoms with van der Waals surface area (Å²) in [6.07, 6.45) is -1.96. The second-order valence-corrected chi connectivity index (χ2v) is 12.5. The summed E-state index contributed by atoms with van der Waals surface area (Å²) in [5.41, 5.74) is 1.09. The SMILES string of the molecule is O=C(O)CCCNC(=O)N[C@@H](CCCCNC(=O)NCc1ccc(CC(=O)N[C@@H](CC(=O)O)C(=O)C[C@@H](CC(=O)O)C(=O)N[C@@H](CS)C(=O)O)cc1)C(=O)O. The summed E-state index contributed by atoms with van der Waals surface area (Å²) in [6, 6.07) is 0.787. The lowest BCUT2D eigenvalue weighted by molar-refractivity contribution is -0.145. The molecule has 0 aliphatic carbocycles. The largest absolute Gasteiger partial charge is 0.481 e. The summed E-state index contributed by atoms with van der Waals surface area (Å²) in [6.45, 7) is 0.356. The van der Waals surface area contributed by atoms with Crippen molar-refractivity contribution in [3.63, 3.8) is 0 Å². The maximum atomic E-state index is 13.0. The standard InChI is InChI=1S/C33H46N6O15S/c40-24(13-20(14-27(44)45)29(48)38-23(17-55)31(51)52)22(15-28(46)47)37-25(41)12-18-6-8-19(9-7-18)16-36-32(53)34-10-2-1-4-21(30(49)50)39-33(54)35-11-3-5-26(42)43/h6-9,20-23,55H,1-5,10-17H2,(H,37,41)(H,38,48)(H,42,43)(H,44,45)(H,46,47)(H,49,50)(H,51,52)(H2,34,36,53)(H2,35,39,54)/t20-,21-,22-,23-/m0/s1. The molecule has 0 spiro atoms. The number of unbranched alkanes of at least 4 members (excludes halogenated alkanes) is 1. The highest BCUT2D eigenvalue weighted by atomic mass is 32.1. The number of aliphatic carboxylic acids is 5. The first-order chi connectivity index (χ1) is 25.9. The number of rotatable bonds is 27. The third-order valence-corrected chi connectivity index (χ3v) is 8.01. The van der Waals surface area contributed by atoms with E-state index in [1.165, 1.54) is 0 Å². The van der Waals surface area contributed by atoms with Crippen LogP contribution in [0, 0.1) is 5.92 Å². The van der Waals surface area contributed by atoms with Gasteiger partial charge in [-0.05, 0) is 36.8 Å². The number of Topliss-reactive ketones (excluding diaryl/α,β-unsaturated/α-hetero) is 1. The fourth-order valence-electron chi connectivity index (χ4n) is 4.78. The van der Waals surface area contributed by atoms with Gasteiger partial charge in [-0.3, -0.25) is 28.8 Å². The van der Waals surface area contributed by atoms with Crippen molar-refractivity contribution in [3.05, 3.63) is 35.4 Å². The Morgan fingerprint density at radius 3 is 1.73 bits per heavy atom. The van der Waals surface area contributed by atoms with Crippen molar-refractivity contribution in [3.8, 4) is 0 Å². The minimum absolute atomic E-state index is 0.0642. The van der Waals surface area contributed by atoms with E-state index >= 15 is 0 Å². The van der Waals surface area contributed by atoms with Gasteiger partial charge in [0.1, 0.15) is 12.1 Å². The number of benzene rings is 1. The molecule has 1 aromatic carbocycles. The van der Waals surface area contributed by atoms with Crippen molar-refractivity contribution in [2.75, 3.05) is 18.8 Å². The van der Waals surface area contributed by atoms with Crippen LogP contribution in [-0.4, -0.2) is 122 Å². The van der Waals surface area contributed by atoms with Crippen LogP contribution in [0.2, 0.25) is 0 Å². The summed E-state index contributed by atoms with van der Waals surface area (Å²) in [5.74, 6) is -11.3. The van der Waals surface area contributed by atoms with Crippen LogP contribution in [0.15, 0.2) is 24.3 Å². The first-order valence-electron chi connectivity index (χ1n) is 16.9. The average molecular weight is 799 g/mol. The maximum absolute atomic E-state index is 13.0. The monoisotopic (exact) mass is 798 g/mol. The second-order valence-electron chi connectivity index (χ2n) is 12.2. The highest BCUT2D eigenvalue weighted by Gasteiger charge is 2.32. The Kier molecular flexibility index (Phi) is 21.5. The molecule has 0 saturated carbocycles. The minimum Gasteiger partial charge on any atom is -0.481 e. The molecule has 0 aliphatic rings. The summed E-state index contributed by atoms with van der Waals surface area (Å²) >= 11 is 3.81. The van der Waals surface area contributed by atoms with Crippen LogP contribution in [-0.2, 0) is 51.3 Å². The number of urea groups is 2. The van der Waals surface area contributed by atoms with E-state index < -0.39 is 103 Å². The molecule has 4 atom stereocenters. The molecule has 0 fully saturated rings. The van der Waals surface area contributed by atoms with Crippen LogP contribution in [0.1, 0.15) is 62.5 Å². The predicted molar refractivity (Wildman–Crippen MR) is 192 cm³/mol. The van der Waals surface area contributed by atoms with Crippen molar-refractivity contribution < 1.29 is 73.5 Å². The lowest BCUT2D eigenvalue weighted by Gasteiger charge is -2.21. The highest BCUT2D eigenvalue weighted by Crippen LogP contribution is 2.14. The zero-order valence-corrected chi connectivity index (χ0v) is 30.5. The van der Waals surface area contributed by atoms with Crippen LogP contribution >= 0.6 is 12.6 Å². The van der Waals surface area contributed by atoms with E-state index in [0.717, 1.165) is 0 Å². The van der Waals surface area contributed by atoms with Gasteiger partial charge in [0.05, 0.1) is 31.2 Å². The molecule has 21 nitrogen and oxygen atoms in total. The molecule has 0 aromatic heterocycles. The third kappa shape index (κ3) is 20.8. The molecule has 304 valence electrons. The number of carbonyl (C=O) groups is 10. The van der Waals surface area contributed by atoms with Gasteiger partial charge in [-0.15, -0.1) is 0 Å². The number of hydrogen-bond acceptors (Lipinski definition) is 11. The summed E-state index contributed by atoms with van der Waals surface area (Å²) in [7, 11) is 0. The number of thiol groups is 1. The van der Waals surface area contributed by atoms with Gasteiger partial charge in [-0.1, -0.05) is 24.3 Å². The van der Waals surface area contributed by atoms with Crippen LogP contribution in [0.5, 0.6) is 0 Å². The number of carboxylic acids is 5. The van der Waals surface area contributed by atoms with Gasteiger partial charge in [0, 0.05) is 38.2 Å². The van der Waals surface area contributed by atoms with E-state index in [0.29, 0.717) is 24.0 Å². The van der Waals surface area contributed by atoms with Gasteiger partial charge in [-0.25, -0.2) is 19.2 Å².